The Kier molecular flexibility index (Phi) is 6.08. The van der Waals surface area contributed by atoms with Gasteiger partial charge in [0, 0.05) is 30.0 Å². The second-order valence-electron chi connectivity index (χ2n) is 6.11. The van der Waals surface area contributed by atoms with Gasteiger partial charge in [-0.1, -0.05) is 12.1 Å². The first-order valence-electron chi connectivity index (χ1n) is 8.76. The Morgan fingerprint density at radius 3 is 2.69 bits per heavy atom. The van der Waals surface area contributed by atoms with E-state index in [0.29, 0.717) is 36.0 Å². The van der Waals surface area contributed by atoms with Crippen LogP contribution in [0.5, 0.6) is 11.5 Å². The van der Waals surface area contributed by atoms with Crippen LogP contribution in [0.15, 0.2) is 48.5 Å². The lowest BCUT2D eigenvalue weighted by atomic mass is 10.2. The smallest absolute Gasteiger partial charge is 0.331 e. The fraction of sp³-hybridized carbons (Fsp3) is 0.200. The molecule has 2 aromatic carbocycles. The lowest BCUT2D eigenvalue weighted by molar-refractivity contribution is -0.384. The summed E-state index contributed by atoms with van der Waals surface area (Å²) in [5.74, 6) is -0.140. The summed E-state index contributed by atoms with van der Waals surface area (Å²) in [6.07, 6.45) is 1.43. The molecule has 9 heteroatoms. The molecule has 1 atom stereocenters. The topological polar surface area (TPSA) is 117 Å². The second-order valence-corrected chi connectivity index (χ2v) is 6.11. The third-order valence-electron chi connectivity index (χ3n) is 3.96. The second kappa shape index (κ2) is 8.87. The van der Waals surface area contributed by atoms with Gasteiger partial charge in [-0.2, -0.15) is 0 Å². The monoisotopic (exact) mass is 398 g/mol. The summed E-state index contributed by atoms with van der Waals surface area (Å²) >= 11 is 0. The van der Waals surface area contributed by atoms with E-state index in [9.17, 15) is 19.7 Å². The van der Waals surface area contributed by atoms with E-state index in [4.69, 9.17) is 14.2 Å². The predicted molar refractivity (Wildman–Crippen MR) is 104 cm³/mol. The zero-order chi connectivity index (χ0) is 20.8. The Morgan fingerprint density at radius 1 is 1.17 bits per heavy atom. The minimum absolute atomic E-state index is 0.0901. The van der Waals surface area contributed by atoms with Gasteiger partial charge in [0.2, 0.25) is 0 Å². The first kappa shape index (κ1) is 19.9. The van der Waals surface area contributed by atoms with Crippen molar-refractivity contribution < 1.29 is 28.7 Å². The van der Waals surface area contributed by atoms with Crippen molar-refractivity contribution in [2.45, 2.75) is 13.0 Å². The van der Waals surface area contributed by atoms with Crippen LogP contribution >= 0.6 is 0 Å². The van der Waals surface area contributed by atoms with E-state index in [1.165, 1.54) is 31.2 Å². The third kappa shape index (κ3) is 5.32. The Bertz CT molecular complexity index is 971. The number of amides is 1. The third-order valence-corrected chi connectivity index (χ3v) is 3.96. The van der Waals surface area contributed by atoms with Crippen LogP contribution in [0.2, 0.25) is 0 Å². The minimum atomic E-state index is -1.05. The molecule has 0 fully saturated rings. The first-order chi connectivity index (χ1) is 13.9. The number of rotatable bonds is 6. The van der Waals surface area contributed by atoms with E-state index in [0.717, 1.165) is 6.08 Å². The number of nitrogens with one attached hydrogen (secondary N) is 1. The number of benzene rings is 2. The highest BCUT2D eigenvalue weighted by Gasteiger charge is 2.18. The maximum absolute atomic E-state index is 12.3. The van der Waals surface area contributed by atoms with E-state index >= 15 is 0 Å². The van der Waals surface area contributed by atoms with Gasteiger partial charge < -0.3 is 19.5 Å². The lowest BCUT2D eigenvalue weighted by Crippen LogP contribution is -2.29. The molecule has 0 bridgehead atoms. The zero-order valence-electron chi connectivity index (χ0n) is 15.5. The van der Waals surface area contributed by atoms with Gasteiger partial charge >= 0.3 is 5.97 Å². The Morgan fingerprint density at radius 2 is 1.93 bits per heavy atom. The lowest BCUT2D eigenvalue weighted by Gasteiger charge is -2.19. The molecule has 0 unspecified atom stereocenters. The number of nitrogens with zero attached hydrogens (tertiary/aromatic N) is 1. The number of nitro groups is 1. The molecule has 0 spiro atoms. The van der Waals surface area contributed by atoms with E-state index in [1.807, 2.05) is 0 Å². The molecule has 1 aliphatic heterocycles. The largest absolute Gasteiger partial charge is 0.486 e. The molecule has 150 valence electrons. The van der Waals surface area contributed by atoms with E-state index in [2.05, 4.69) is 5.32 Å². The fourth-order valence-corrected chi connectivity index (χ4v) is 2.54. The molecule has 1 heterocycles. The predicted octanol–water partition coefficient (Wildman–Crippen LogP) is 2.95. The Hall–Kier alpha value is -3.88. The van der Waals surface area contributed by atoms with Crippen molar-refractivity contribution in [1.29, 1.82) is 0 Å². The summed E-state index contributed by atoms with van der Waals surface area (Å²) in [5.41, 5.74) is 0.853. The van der Waals surface area contributed by atoms with Crippen molar-refractivity contribution in [2.24, 2.45) is 0 Å². The summed E-state index contributed by atoms with van der Waals surface area (Å²) in [4.78, 5) is 34.4. The number of fused-ring (bicyclic) bond motifs is 1. The molecular weight excluding hydrogens is 380 g/mol. The number of hydrogen-bond donors (Lipinski definition) is 1. The van der Waals surface area contributed by atoms with Gasteiger partial charge in [0.25, 0.3) is 11.6 Å². The highest BCUT2D eigenvalue weighted by molar-refractivity contribution is 5.96. The molecule has 0 saturated carbocycles. The molecule has 0 aliphatic carbocycles. The molecule has 29 heavy (non-hydrogen) atoms. The quantitative estimate of drug-likeness (QED) is 0.344. The van der Waals surface area contributed by atoms with Crippen molar-refractivity contribution in [3.63, 3.8) is 0 Å². The van der Waals surface area contributed by atoms with Crippen molar-refractivity contribution in [2.75, 3.05) is 18.5 Å². The number of carbonyl (C=O) groups is 2. The Balaban J connectivity index is 1.55. The van der Waals surface area contributed by atoms with Gasteiger partial charge in [0.15, 0.2) is 17.6 Å². The van der Waals surface area contributed by atoms with E-state index in [-0.39, 0.29) is 5.69 Å². The average molecular weight is 398 g/mol. The van der Waals surface area contributed by atoms with E-state index < -0.39 is 22.9 Å². The van der Waals surface area contributed by atoms with Gasteiger partial charge in [-0.15, -0.1) is 0 Å². The summed E-state index contributed by atoms with van der Waals surface area (Å²) in [6, 6.07) is 10.7. The Labute approximate surface area is 166 Å². The van der Waals surface area contributed by atoms with Crippen molar-refractivity contribution in [1.82, 2.24) is 0 Å². The highest BCUT2D eigenvalue weighted by Crippen LogP contribution is 2.32. The van der Waals surface area contributed by atoms with Gasteiger partial charge in [0.1, 0.15) is 13.2 Å². The molecule has 3 rings (SSSR count). The van der Waals surface area contributed by atoms with Crippen LogP contribution in [0.25, 0.3) is 6.08 Å². The van der Waals surface area contributed by atoms with Crippen LogP contribution in [-0.4, -0.2) is 36.1 Å². The normalized spacial score (nSPS) is 13.6. The van der Waals surface area contributed by atoms with Crippen LogP contribution < -0.4 is 14.8 Å². The molecule has 1 N–H and O–H groups in total. The van der Waals surface area contributed by atoms with Crippen LogP contribution in [0.4, 0.5) is 11.4 Å². The molecule has 2 aromatic rings. The van der Waals surface area contributed by atoms with Gasteiger partial charge in [0.05, 0.1) is 4.92 Å². The van der Waals surface area contributed by atoms with Crippen LogP contribution in [0.3, 0.4) is 0 Å². The maximum atomic E-state index is 12.3. The number of ether oxygens (including phenoxy) is 3. The van der Waals surface area contributed by atoms with Gasteiger partial charge in [-0.3, -0.25) is 14.9 Å². The SMILES string of the molecule is C[C@H](OC(=O)/C=C/c1cccc([N+](=O)[O-])c1)C(=O)Nc1ccc2c(c1)OCCO2. The average Bonchev–Trinajstić information content (AvgIpc) is 2.72. The van der Waals surface area contributed by atoms with Crippen molar-refractivity contribution >= 4 is 29.3 Å². The van der Waals surface area contributed by atoms with Crippen molar-refractivity contribution in [3.8, 4) is 11.5 Å². The van der Waals surface area contributed by atoms with E-state index in [1.54, 1.807) is 24.3 Å². The number of nitro benzene ring substituents is 1. The number of carbonyl (C=O) groups excluding carboxylic acids is 2. The van der Waals surface area contributed by atoms with Crippen LogP contribution in [-0.2, 0) is 14.3 Å². The summed E-state index contributed by atoms with van der Waals surface area (Å²) in [6.45, 7) is 2.33. The molecule has 1 amide bonds. The molecule has 0 radical (unpaired) electrons. The van der Waals surface area contributed by atoms with Gasteiger partial charge in [-0.05, 0) is 30.7 Å². The number of hydrogen-bond acceptors (Lipinski definition) is 7. The molecular formula is C20H18N2O7. The summed E-state index contributed by atoms with van der Waals surface area (Å²) < 4.78 is 15.9. The number of non-ortho nitro benzene ring substituents is 1. The zero-order valence-corrected chi connectivity index (χ0v) is 15.5. The number of anilines is 1. The fourth-order valence-electron chi connectivity index (χ4n) is 2.54. The molecule has 0 aromatic heterocycles. The minimum Gasteiger partial charge on any atom is -0.486 e. The van der Waals surface area contributed by atoms with Crippen LogP contribution in [0.1, 0.15) is 12.5 Å². The summed E-state index contributed by atoms with van der Waals surface area (Å²) in [7, 11) is 0. The summed E-state index contributed by atoms with van der Waals surface area (Å²) in [5, 5.41) is 13.4. The maximum Gasteiger partial charge on any atom is 0.331 e. The molecule has 0 saturated heterocycles. The van der Waals surface area contributed by atoms with Gasteiger partial charge in [-0.25, -0.2) is 4.79 Å². The molecule has 1 aliphatic rings. The van der Waals surface area contributed by atoms with Crippen LogP contribution in [0, 0.1) is 10.1 Å². The van der Waals surface area contributed by atoms with Crippen molar-refractivity contribution in [3.05, 3.63) is 64.2 Å². The number of esters is 1. The molecule has 9 nitrogen and oxygen atoms in total. The standard InChI is InChI=1S/C20H18N2O7/c1-13(20(24)21-15-6-7-17-18(12-15)28-10-9-27-17)29-19(23)8-5-14-3-2-4-16(11-14)22(25)26/h2-8,11-13H,9-10H2,1H3,(H,21,24)/b8-5+/t13-/m0/s1. The first-order valence-corrected chi connectivity index (χ1v) is 8.76. The highest BCUT2D eigenvalue weighted by atomic mass is 16.6.